The topological polar surface area (TPSA) is 72.2 Å². The zero-order valence-electron chi connectivity index (χ0n) is 10.7. The molecule has 0 saturated heterocycles. The second-order valence-electron chi connectivity index (χ2n) is 4.98. The third-order valence-electron chi connectivity index (χ3n) is 3.38. The summed E-state index contributed by atoms with van der Waals surface area (Å²) in [5, 5.41) is 0. The van der Waals surface area contributed by atoms with E-state index in [1.807, 2.05) is 0 Å². The van der Waals surface area contributed by atoms with Crippen LogP contribution in [0, 0.1) is 6.92 Å². The lowest BCUT2D eigenvalue weighted by Gasteiger charge is -2.32. The number of alkyl halides is 3. The minimum absolute atomic E-state index is 0.0506. The molecule has 1 aliphatic carbocycles. The van der Waals surface area contributed by atoms with Gasteiger partial charge in [0.2, 0.25) is 10.0 Å². The van der Waals surface area contributed by atoms with Crippen LogP contribution in [0.5, 0.6) is 0 Å². The molecule has 4 nitrogen and oxygen atoms in total. The maximum absolute atomic E-state index is 12.8. The molecular weight excluding hydrogens is 293 g/mol. The Morgan fingerprint density at radius 2 is 1.90 bits per heavy atom. The van der Waals surface area contributed by atoms with E-state index in [2.05, 4.69) is 4.72 Å². The van der Waals surface area contributed by atoms with Crippen LogP contribution in [0.25, 0.3) is 0 Å². The van der Waals surface area contributed by atoms with Crippen molar-refractivity contribution in [1.29, 1.82) is 0 Å². The molecule has 1 fully saturated rings. The normalized spacial score (nSPS) is 23.4. The molecular formula is C12H15F3N2O2S. The molecule has 0 aromatic heterocycles. The first-order valence-electron chi connectivity index (χ1n) is 6.06. The van der Waals surface area contributed by atoms with Crippen molar-refractivity contribution in [3.63, 3.8) is 0 Å². The number of rotatable bonds is 3. The predicted molar refractivity (Wildman–Crippen MR) is 67.5 cm³/mol. The molecule has 0 aliphatic heterocycles. The molecule has 1 aromatic rings. The second kappa shape index (κ2) is 5.01. The Morgan fingerprint density at radius 1 is 1.30 bits per heavy atom. The molecule has 0 unspecified atom stereocenters. The van der Waals surface area contributed by atoms with Gasteiger partial charge in [0.1, 0.15) is 0 Å². The third-order valence-corrected chi connectivity index (χ3v) is 5.04. The van der Waals surface area contributed by atoms with Gasteiger partial charge in [-0.15, -0.1) is 0 Å². The fraction of sp³-hybridized carbons (Fsp3) is 0.500. The van der Waals surface area contributed by atoms with Crippen LogP contribution in [-0.2, 0) is 16.2 Å². The van der Waals surface area contributed by atoms with Crippen molar-refractivity contribution in [2.75, 3.05) is 0 Å². The van der Waals surface area contributed by atoms with Crippen LogP contribution in [0.3, 0.4) is 0 Å². The Labute approximate surface area is 115 Å². The second-order valence-corrected chi connectivity index (χ2v) is 6.66. The molecule has 0 radical (unpaired) electrons. The molecule has 8 heteroatoms. The van der Waals surface area contributed by atoms with Gasteiger partial charge in [-0.3, -0.25) is 0 Å². The lowest BCUT2D eigenvalue weighted by atomic mass is 9.89. The average molecular weight is 308 g/mol. The molecule has 1 saturated carbocycles. The highest BCUT2D eigenvalue weighted by Gasteiger charge is 2.36. The van der Waals surface area contributed by atoms with Gasteiger partial charge in [0.15, 0.2) is 0 Å². The Balaban J connectivity index is 2.32. The molecule has 2 rings (SSSR count). The zero-order chi connectivity index (χ0) is 15.1. The van der Waals surface area contributed by atoms with Crippen molar-refractivity contribution < 1.29 is 21.6 Å². The number of hydrogen-bond donors (Lipinski definition) is 2. The summed E-state index contributed by atoms with van der Waals surface area (Å²) < 4.78 is 65.0. The molecule has 0 bridgehead atoms. The Kier molecular flexibility index (Phi) is 3.83. The first-order valence-corrected chi connectivity index (χ1v) is 7.54. The Bertz CT molecular complexity index is 608. The van der Waals surface area contributed by atoms with Gasteiger partial charge in [0, 0.05) is 12.1 Å². The Hall–Kier alpha value is -1.12. The van der Waals surface area contributed by atoms with Gasteiger partial charge < -0.3 is 5.73 Å². The van der Waals surface area contributed by atoms with Crippen molar-refractivity contribution in [3.8, 4) is 0 Å². The lowest BCUT2D eigenvalue weighted by molar-refractivity contribution is -0.138. The molecule has 0 heterocycles. The summed E-state index contributed by atoms with van der Waals surface area (Å²) in [6, 6.07) is 2.78. The standard InChI is InChI=1S/C12H15F3N2O2S/c1-7-10(12(13,14)15)3-2-4-11(7)20(18,19)17-9-5-8(16)6-9/h2-4,8-9,17H,5-6,16H2,1H3. The zero-order valence-corrected chi connectivity index (χ0v) is 11.6. The van der Waals surface area contributed by atoms with Crippen LogP contribution < -0.4 is 10.5 Å². The number of nitrogens with one attached hydrogen (secondary N) is 1. The molecule has 0 amide bonds. The SMILES string of the molecule is Cc1c(C(F)(F)F)cccc1S(=O)(=O)NC1CC(N)C1. The van der Waals surface area contributed by atoms with E-state index in [0.29, 0.717) is 12.8 Å². The fourth-order valence-electron chi connectivity index (χ4n) is 2.25. The number of hydrogen-bond acceptors (Lipinski definition) is 3. The summed E-state index contributed by atoms with van der Waals surface area (Å²) in [7, 11) is -3.96. The van der Waals surface area contributed by atoms with Crippen LogP contribution in [0.2, 0.25) is 0 Å². The summed E-state index contributed by atoms with van der Waals surface area (Å²) in [5.74, 6) is 0. The van der Waals surface area contributed by atoms with Gasteiger partial charge in [-0.25, -0.2) is 13.1 Å². The van der Waals surface area contributed by atoms with E-state index in [9.17, 15) is 21.6 Å². The highest BCUT2D eigenvalue weighted by atomic mass is 32.2. The molecule has 1 aromatic carbocycles. The van der Waals surface area contributed by atoms with Crippen molar-refractivity contribution in [3.05, 3.63) is 29.3 Å². The maximum Gasteiger partial charge on any atom is 0.416 e. The maximum atomic E-state index is 12.8. The molecule has 20 heavy (non-hydrogen) atoms. The smallest absolute Gasteiger partial charge is 0.328 e. The van der Waals surface area contributed by atoms with E-state index in [0.717, 1.165) is 19.1 Å². The van der Waals surface area contributed by atoms with Crippen LogP contribution >= 0.6 is 0 Å². The number of benzene rings is 1. The number of halogens is 3. The largest absolute Gasteiger partial charge is 0.416 e. The fourth-order valence-corrected chi connectivity index (χ4v) is 3.78. The van der Waals surface area contributed by atoms with E-state index in [1.54, 1.807) is 0 Å². The van der Waals surface area contributed by atoms with Gasteiger partial charge in [-0.05, 0) is 37.5 Å². The van der Waals surface area contributed by atoms with Gasteiger partial charge >= 0.3 is 6.18 Å². The summed E-state index contributed by atoms with van der Waals surface area (Å²) in [6.45, 7) is 1.16. The van der Waals surface area contributed by atoms with Gasteiger partial charge in [-0.1, -0.05) is 6.07 Å². The highest BCUT2D eigenvalue weighted by Crippen LogP contribution is 2.34. The number of nitrogens with two attached hydrogens (primary N) is 1. The summed E-state index contributed by atoms with van der Waals surface area (Å²) >= 11 is 0. The quantitative estimate of drug-likeness (QED) is 0.894. The van der Waals surface area contributed by atoms with Crippen molar-refractivity contribution in [2.45, 2.75) is 42.9 Å². The third kappa shape index (κ3) is 2.97. The molecule has 1 aliphatic rings. The lowest BCUT2D eigenvalue weighted by Crippen LogP contribution is -2.50. The van der Waals surface area contributed by atoms with Crippen LogP contribution in [-0.4, -0.2) is 20.5 Å². The molecule has 3 N–H and O–H groups in total. The minimum atomic E-state index is -4.57. The monoisotopic (exact) mass is 308 g/mol. The van der Waals surface area contributed by atoms with Gasteiger partial charge in [0.05, 0.1) is 10.5 Å². The van der Waals surface area contributed by atoms with Crippen molar-refractivity contribution >= 4 is 10.0 Å². The summed E-state index contributed by atoms with van der Waals surface area (Å²) in [4.78, 5) is -0.340. The van der Waals surface area contributed by atoms with Gasteiger partial charge in [-0.2, -0.15) is 13.2 Å². The van der Waals surface area contributed by atoms with E-state index in [4.69, 9.17) is 5.73 Å². The van der Waals surface area contributed by atoms with E-state index in [-0.39, 0.29) is 22.5 Å². The first-order chi connectivity index (χ1) is 9.11. The van der Waals surface area contributed by atoms with Crippen molar-refractivity contribution in [2.24, 2.45) is 5.73 Å². The summed E-state index contributed by atoms with van der Waals surface area (Å²) in [5.41, 5.74) is 4.32. The van der Waals surface area contributed by atoms with Crippen LogP contribution in [0.4, 0.5) is 13.2 Å². The Morgan fingerprint density at radius 3 is 2.40 bits per heavy atom. The number of sulfonamides is 1. The molecule has 0 atom stereocenters. The van der Waals surface area contributed by atoms with E-state index in [1.165, 1.54) is 6.07 Å². The summed E-state index contributed by atoms with van der Waals surface area (Å²) in [6.07, 6.45) is -3.58. The molecule has 0 spiro atoms. The van der Waals surface area contributed by atoms with E-state index >= 15 is 0 Å². The van der Waals surface area contributed by atoms with Gasteiger partial charge in [0.25, 0.3) is 0 Å². The highest BCUT2D eigenvalue weighted by molar-refractivity contribution is 7.89. The average Bonchev–Trinajstić information content (AvgIpc) is 2.25. The van der Waals surface area contributed by atoms with Crippen LogP contribution in [0.15, 0.2) is 23.1 Å². The van der Waals surface area contributed by atoms with Crippen LogP contribution in [0.1, 0.15) is 24.0 Å². The molecule has 112 valence electrons. The van der Waals surface area contributed by atoms with Crippen molar-refractivity contribution in [1.82, 2.24) is 4.72 Å². The minimum Gasteiger partial charge on any atom is -0.328 e. The first kappa shape index (κ1) is 15.3. The predicted octanol–water partition coefficient (Wildman–Crippen LogP) is 1.78. The van der Waals surface area contributed by atoms with E-state index < -0.39 is 21.8 Å².